The summed E-state index contributed by atoms with van der Waals surface area (Å²) < 4.78 is 142. The molecule has 6 aromatic carbocycles. The van der Waals surface area contributed by atoms with E-state index in [4.69, 9.17) is 21.1 Å². The van der Waals surface area contributed by atoms with E-state index >= 15 is 0 Å². The third kappa shape index (κ3) is 11.7. The molecule has 0 aromatic heterocycles. The number of alkyl halides is 4. The minimum absolute atomic E-state index is 0.00629. The summed E-state index contributed by atoms with van der Waals surface area (Å²) in [7, 11) is 0. The van der Waals surface area contributed by atoms with Gasteiger partial charge in [0.05, 0.1) is 0 Å². The molecule has 0 saturated heterocycles. The monoisotopic (exact) mass is 934 g/mol. The van der Waals surface area contributed by atoms with Crippen molar-refractivity contribution in [1.82, 2.24) is 0 Å². The van der Waals surface area contributed by atoms with Crippen molar-refractivity contribution in [3.8, 4) is 33.8 Å². The molecule has 1 N–H and O–H groups in total. The second-order valence-corrected chi connectivity index (χ2v) is 14.2. The lowest BCUT2D eigenvalue weighted by Gasteiger charge is -2.17. The fourth-order valence-electron chi connectivity index (χ4n) is 6.13. The molecule has 0 aliphatic carbocycles. The molecule has 0 amide bonds. The molecule has 0 saturated carbocycles. The SMILES string of the molecule is FC(F)=C(F)Cl.Fc1cccc(F)c1C1=NC(c2ccc(-c3ccc(OC(F)(F)C(F)Cl)cc3)cc2)CO1.Oc1ccc(-c2ccc(C3COC(c4c(F)cccc4F)=N3)cc2)cc1. The van der Waals surface area contributed by atoms with Gasteiger partial charge in [0, 0.05) is 0 Å². The first-order chi connectivity index (χ1) is 30.5. The zero-order valence-corrected chi connectivity index (χ0v) is 34.0. The number of phenolic OH excluding ortho intramolecular Hbond substituents is 1. The lowest BCUT2D eigenvalue weighted by molar-refractivity contribution is -0.199. The molecule has 0 spiro atoms. The molecule has 18 heteroatoms. The van der Waals surface area contributed by atoms with Crippen LogP contribution in [0.3, 0.4) is 0 Å². The maximum absolute atomic E-state index is 14.0. The zero-order chi connectivity index (χ0) is 46.1. The Morgan fingerprint density at radius 3 is 1.25 bits per heavy atom. The van der Waals surface area contributed by atoms with Crippen molar-refractivity contribution < 1.29 is 63.2 Å². The van der Waals surface area contributed by atoms with Gasteiger partial charge in [0.25, 0.3) is 10.9 Å². The van der Waals surface area contributed by atoms with Crippen LogP contribution in [0.4, 0.5) is 43.9 Å². The van der Waals surface area contributed by atoms with Crippen molar-refractivity contribution in [2.45, 2.75) is 23.8 Å². The Morgan fingerprint density at radius 2 is 0.922 bits per heavy atom. The summed E-state index contributed by atoms with van der Waals surface area (Å²) in [6.07, 6.45) is -6.62. The van der Waals surface area contributed by atoms with Gasteiger partial charge in [0.2, 0.25) is 11.8 Å². The van der Waals surface area contributed by atoms with Crippen LogP contribution >= 0.6 is 23.2 Å². The lowest BCUT2D eigenvalue weighted by Crippen LogP contribution is -2.32. The third-order valence-electron chi connectivity index (χ3n) is 9.29. The summed E-state index contributed by atoms with van der Waals surface area (Å²) in [5.74, 6) is -2.99. The molecule has 0 bridgehead atoms. The number of aliphatic imine (C=N–C) groups is 2. The molecule has 2 aliphatic rings. The molecule has 2 heterocycles. The van der Waals surface area contributed by atoms with Gasteiger partial charge in [-0.25, -0.2) is 31.9 Å². The van der Waals surface area contributed by atoms with Gasteiger partial charge < -0.3 is 19.3 Å². The molecule has 3 atom stereocenters. The average molecular weight is 936 g/mol. The minimum Gasteiger partial charge on any atom is -0.508 e. The van der Waals surface area contributed by atoms with Crippen molar-refractivity contribution >= 4 is 35.0 Å². The second kappa shape index (κ2) is 20.8. The quantitative estimate of drug-likeness (QED) is 0.116. The standard InChI is InChI=1S/C23H15ClF5NO2.C21H15F2NO2.C2ClF3/c24-22(27)23(28,29)32-16-10-8-14(9-11-16)13-4-6-15(7-5-13)19-12-31-21(30-19)20-17(25)2-1-3-18(20)26;22-17-2-1-3-18(23)20(17)21-24-19(12-26-21)15-6-4-13(5-7-15)14-8-10-16(25)11-9-14;3-1(4)2(5)6/h1-11,19,22H,12H2;1-11,19,25H,12H2;. The number of phenols is 1. The van der Waals surface area contributed by atoms with Gasteiger partial charge in [0.15, 0.2) is 0 Å². The van der Waals surface area contributed by atoms with Crippen LogP contribution in [0.2, 0.25) is 0 Å². The van der Waals surface area contributed by atoms with E-state index in [9.17, 15) is 49.0 Å². The Bertz CT molecular complexity index is 2590. The van der Waals surface area contributed by atoms with E-state index in [0.29, 0.717) is 5.56 Å². The highest BCUT2D eigenvalue weighted by atomic mass is 35.5. The van der Waals surface area contributed by atoms with E-state index in [0.717, 1.165) is 39.9 Å². The molecule has 64 heavy (non-hydrogen) atoms. The number of halogens is 12. The van der Waals surface area contributed by atoms with E-state index in [2.05, 4.69) is 26.3 Å². The van der Waals surface area contributed by atoms with Gasteiger partial charge in [-0.1, -0.05) is 96.5 Å². The molecule has 3 unspecified atom stereocenters. The fourth-order valence-corrected chi connectivity index (χ4v) is 6.18. The smallest absolute Gasteiger partial charge is 0.444 e. The van der Waals surface area contributed by atoms with Crippen LogP contribution in [0.25, 0.3) is 22.3 Å². The number of benzene rings is 6. The lowest BCUT2D eigenvalue weighted by atomic mass is 10.0. The number of ether oxygens (including phenoxy) is 3. The predicted molar refractivity (Wildman–Crippen MR) is 221 cm³/mol. The molecule has 0 radical (unpaired) electrons. The third-order valence-corrected chi connectivity index (χ3v) is 9.68. The summed E-state index contributed by atoms with van der Waals surface area (Å²) in [6, 6.07) is 33.9. The highest BCUT2D eigenvalue weighted by Crippen LogP contribution is 2.33. The molecule has 2 aliphatic heterocycles. The van der Waals surface area contributed by atoms with Crippen LogP contribution in [-0.4, -0.2) is 41.9 Å². The summed E-state index contributed by atoms with van der Waals surface area (Å²) in [5, 5.41) is 7.43. The van der Waals surface area contributed by atoms with Crippen LogP contribution in [0.5, 0.6) is 11.5 Å². The Morgan fingerprint density at radius 1 is 0.594 bits per heavy atom. The number of hydrogen-bond donors (Lipinski definition) is 1. The number of rotatable bonds is 9. The summed E-state index contributed by atoms with van der Waals surface area (Å²) in [5.41, 5.74) is 1.64. The van der Waals surface area contributed by atoms with Crippen molar-refractivity contribution in [1.29, 1.82) is 0 Å². The fraction of sp³-hybridized carbons (Fsp3) is 0.130. The summed E-state index contributed by atoms with van der Waals surface area (Å²) in [6.45, 7) is 0.375. The molecule has 332 valence electrons. The normalized spacial score (nSPS) is 15.8. The first-order valence-electron chi connectivity index (χ1n) is 18.6. The van der Waals surface area contributed by atoms with Crippen molar-refractivity contribution in [2.75, 3.05) is 13.2 Å². The minimum atomic E-state index is -4.14. The molecule has 0 fully saturated rings. The summed E-state index contributed by atoms with van der Waals surface area (Å²) in [4.78, 5) is 8.64. The zero-order valence-electron chi connectivity index (χ0n) is 32.4. The van der Waals surface area contributed by atoms with E-state index in [-0.39, 0.29) is 53.7 Å². The average Bonchev–Trinajstić information content (AvgIpc) is 3.96. The van der Waals surface area contributed by atoms with Gasteiger partial charge in [-0.15, -0.1) is 0 Å². The van der Waals surface area contributed by atoms with Crippen molar-refractivity contribution in [3.05, 3.63) is 190 Å². The van der Waals surface area contributed by atoms with E-state index in [1.165, 1.54) is 48.5 Å². The highest BCUT2D eigenvalue weighted by Gasteiger charge is 2.42. The maximum Gasteiger partial charge on any atom is 0.444 e. The van der Waals surface area contributed by atoms with Crippen LogP contribution in [0, 0.1) is 23.3 Å². The van der Waals surface area contributed by atoms with Gasteiger partial charge in [-0.05, 0) is 93.5 Å². The van der Waals surface area contributed by atoms with Gasteiger partial charge in [0.1, 0.15) is 71.2 Å². The molecule has 8 rings (SSSR count). The van der Waals surface area contributed by atoms with Gasteiger partial charge in [-0.3, -0.25) is 0 Å². The first-order valence-corrected chi connectivity index (χ1v) is 19.4. The molecular weight excluding hydrogens is 905 g/mol. The highest BCUT2D eigenvalue weighted by molar-refractivity contribution is 6.28. The molecule has 6 aromatic rings. The van der Waals surface area contributed by atoms with Gasteiger partial charge >= 0.3 is 12.2 Å². The largest absolute Gasteiger partial charge is 0.508 e. The number of hydrogen-bond acceptors (Lipinski definition) is 6. The topological polar surface area (TPSA) is 72.6 Å². The van der Waals surface area contributed by atoms with E-state index in [1.807, 2.05) is 36.4 Å². The van der Waals surface area contributed by atoms with Crippen LogP contribution < -0.4 is 4.74 Å². The number of nitrogens with zero attached hydrogens (tertiary/aromatic N) is 2. The van der Waals surface area contributed by atoms with Crippen LogP contribution in [0.15, 0.2) is 155 Å². The number of aromatic hydroxyl groups is 1. The van der Waals surface area contributed by atoms with Crippen LogP contribution in [0.1, 0.15) is 34.3 Å². The predicted octanol–water partition coefficient (Wildman–Crippen LogP) is 13.8. The Kier molecular flexibility index (Phi) is 15.2. The second-order valence-electron chi connectivity index (χ2n) is 13.5. The molecular formula is C46H30Cl2F10N2O4. The van der Waals surface area contributed by atoms with E-state index in [1.54, 1.807) is 36.4 Å². The van der Waals surface area contributed by atoms with E-state index < -0.39 is 52.4 Å². The van der Waals surface area contributed by atoms with Crippen molar-refractivity contribution in [2.24, 2.45) is 9.98 Å². The Labute approximate surface area is 368 Å². The van der Waals surface area contributed by atoms with Crippen molar-refractivity contribution in [3.63, 3.8) is 0 Å². The Hall–Kier alpha value is -6.52. The van der Waals surface area contributed by atoms with Gasteiger partial charge in [-0.2, -0.15) is 22.0 Å². The summed E-state index contributed by atoms with van der Waals surface area (Å²) >= 11 is 8.85. The molecule has 6 nitrogen and oxygen atoms in total. The Balaban J connectivity index is 0.000000192. The first kappa shape index (κ1) is 47.0. The maximum atomic E-state index is 14.0. The van der Waals surface area contributed by atoms with Crippen LogP contribution in [-0.2, 0) is 9.47 Å².